The molecule has 5 N–H and O–H groups in total. The first-order chi connectivity index (χ1) is 8.80. The molecule has 1 saturated heterocycles. The van der Waals surface area contributed by atoms with Crippen LogP contribution >= 0.6 is 0 Å². The number of carbonyl (C=O) groups excluding carboxylic acids is 1. The Morgan fingerprint density at radius 3 is 2.63 bits per heavy atom. The Labute approximate surface area is 110 Å². The third-order valence-electron chi connectivity index (χ3n) is 3.05. The van der Waals surface area contributed by atoms with Crippen molar-refractivity contribution in [3.05, 3.63) is 0 Å². The highest BCUT2D eigenvalue weighted by Crippen LogP contribution is 2.29. The van der Waals surface area contributed by atoms with Gasteiger partial charge in [-0.05, 0) is 12.8 Å². The quantitative estimate of drug-likeness (QED) is 0.399. The number of hydrogen-bond acceptors (Lipinski definition) is 6. The number of carboxylic acids is 1. The van der Waals surface area contributed by atoms with Gasteiger partial charge in [0.25, 0.3) is 5.79 Å². The van der Waals surface area contributed by atoms with Crippen LogP contribution in [0.25, 0.3) is 0 Å². The van der Waals surface area contributed by atoms with Crippen LogP contribution in [0.5, 0.6) is 0 Å². The molecular formula is C11H19NO7. The molecule has 8 nitrogen and oxygen atoms in total. The Kier molecular flexibility index (Phi) is 5.24. The van der Waals surface area contributed by atoms with Gasteiger partial charge in [-0.15, -0.1) is 0 Å². The summed E-state index contributed by atoms with van der Waals surface area (Å²) in [6, 6.07) is -0.612. The molecule has 8 heteroatoms. The van der Waals surface area contributed by atoms with Gasteiger partial charge in [0, 0.05) is 20.0 Å². The predicted octanol–water partition coefficient (Wildman–Crippen LogP) is -1.81. The molecule has 0 bridgehead atoms. The summed E-state index contributed by atoms with van der Waals surface area (Å²) in [6.45, 7) is 0.965. The first-order valence-electron chi connectivity index (χ1n) is 6.00. The second-order valence-electron chi connectivity index (χ2n) is 4.60. The van der Waals surface area contributed by atoms with Crippen LogP contribution in [0.4, 0.5) is 0 Å². The van der Waals surface area contributed by atoms with Gasteiger partial charge in [0.05, 0.1) is 12.1 Å². The average Bonchev–Trinajstić information content (AvgIpc) is 2.31. The lowest BCUT2D eigenvalue weighted by Gasteiger charge is -2.41. The van der Waals surface area contributed by atoms with Gasteiger partial charge in [-0.25, -0.2) is 4.79 Å². The molecule has 0 aromatic rings. The zero-order chi connectivity index (χ0) is 14.6. The zero-order valence-corrected chi connectivity index (χ0v) is 10.6. The highest BCUT2D eigenvalue weighted by atomic mass is 16.7. The number of rotatable bonds is 5. The van der Waals surface area contributed by atoms with Crippen LogP contribution in [0.2, 0.25) is 0 Å². The lowest BCUT2D eigenvalue weighted by molar-refractivity contribution is -0.274. The Hall–Kier alpha value is -1.22. The molecule has 0 aromatic carbocycles. The van der Waals surface area contributed by atoms with E-state index >= 15 is 0 Å². The Morgan fingerprint density at radius 1 is 1.53 bits per heavy atom. The maximum absolute atomic E-state index is 11.1. The molecule has 110 valence electrons. The van der Waals surface area contributed by atoms with Gasteiger partial charge >= 0.3 is 5.97 Å². The molecule has 0 radical (unpaired) electrons. The van der Waals surface area contributed by atoms with Gasteiger partial charge in [0.2, 0.25) is 5.91 Å². The summed E-state index contributed by atoms with van der Waals surface area (Å²) in [5, 5.41) is 39.8. The molecule has 19 heavy (non-hydrogen) atoms. The van der Waals surface area contributed by atoms with Gasteiger partial charge in [-0.2, -0.15) is 0 Å². The fourth-order valence-corrected chi connectivity index (χ4v) is 2.10. The van der Waals surface area contributed by atoms with Crippen LogP contribution in [-0.2, 0) is 14.3 Å². The predicted molar refractivity (Wildman–Crippen MR) is 62.0 cm³/mol. The van der Waals surface area contributed by atoms with Gasteiger partial charge in [0.1, 0.15) is 6.10 Å². The molecular weight excluding hydrogens is 258 g/mol. The van der Waals surface area contributed by atoms with Crippen LogP contribution in [0.15, 0.2) is 0 Å². The number of aliphatic hydroxyl groups is 3. The number of ether oxygens (including phenoxy) is 1. The third-order valence-corrected chi connectivity index (χ3v) is 3.05. The largest absolute Gasteiger partial charge is 0.477 e. The standard InChI is InChI=1S/C11H19NO7/c1-6(14)12-7-2-4-11(18,10(16)17)19-9(7)8(15)3-5-13/h7-9,13,15,18H,2-5H2,1H3,(H,12,14)(H,16,17)/t7-,8-,9-,11+/m1/s1. The summed E-state index contributed by atoms with van der Waals surface area (Å²) >= 11 is 0. The molecule has 0 spiro atoms. The van der Waals surface area contributed by atoms with E-state index in [1.54, 1.807) is 0 Å². The molecule has 4 atom stereocenters. The summed E-state index contributed by atoms with van der Waals surface area (Å²) in [5.41, 5.74) is 0. The van der Waals surface area contributed by atoms with Crippen LogP contribution in [-0.4, -0.2) is 62.9 Å². The first-order valence-corrected chi connectivity index (χ1v) is 6.00. The van der Waals surface area contributed by atoms with Gasteiger partial charge in [-0.1, -0.05) is 0 Å². The van der Waals surface area contributed by atoms with E-state index in [0.717, 1.165) is 0 Å². The van der Waals surface area contributed by atoms with Crippen LogP contribution in [0.3, 0.4) is 0 Å². The van der Waals surface area contributed by atoms with Crippen molar-refractivity contribution in [1.29, 1.82) is 0 Å². The molecule has 1 aliphatic heterocycles. The van der Waals surface area contributed by atoms with Crippen molar-refractivity contribution >= 4 is 11.9 Å². The Bertz CT molecular complexity index is 348. The number of nitrogens with one attached hydrogen (secondary N) is 1. The number of hydrogen-bond donors (Lipinski definition) is 5. The molecule has 0 unspecified atom stereocenters. The lowest BCUT2D eigenvalue weighted by atomic mass is 9.92. The zero-order valence-electron chi connectivity index (χ0n) is 10.6. The highest BCUT2D eigenvalue weighted by Gasteiger charge is 2.48. The van der Waals surface area contributed by atoms with Crippen LogP contribution < -0.4 is 5.32 Å². The Morgan fingerprint density at radius 2 is 2.16 bits per heavy atom. The molecule has 1 fully saturated rings. The van der Waals surface area contributed by atoms with Crippen molar-refractivity contribution in [3.8, 4) is 0 Å². The second kappa shape index (κ2) is 6.29. The molecule has 1 aliphatic rings. The van der Waals surface area contributed by atoms with E-state index in [-0.39, 0.29) is 31.8 Å². The topological polar surface area (TPSA) is 136 Å². The summed E-state index contributed by atoms with van der Waals surface area (Å²) in [5.74, 6) is -4.28. The van der Waals surface area contributed by atoms with Crippen LogP contribution in [0, 0.1) is 0 Å². The SMILES string of the molecule is CC(=O)N[C@@H]1CC[C@@](O)(C(=O)O)O[C@H]1[C@H](O)CCO. The fraction of sp³-hybridized carbons (Fsp3) is 0.818. The first kappa shape index (κ1) is 15.8. The second-order valence-corrected chi connectivity index (χ2v) is 4.60. The third kappa shape index (κ3) is 3.87. The van der Waals surface area contributed by atoms with E-state index in [9.17, 15) is 19.8 Å². The van der Waals surface area contributed by atoms with Crippen molar-refractivity contribution in [3.63, 3.8) is 0 Å². The monoisotopic (exact) mass is 277 g/mol. The minimum Gasteiger partial charge on any atom is -0.477 e. The molecule has 0 aromatic heterocycles. The van der Waals surface area contributed by atoms with Gasteiger partial charge < -0.3 is 30.5 Å². The smallest absolute Gasteiger partial charge is 0.364 e. The summed E-state index contributed by atoms with van der Waals surface area (Å²) in [6.07, 6.45) is -2.37. The van der Waals surface area contributed by atoms with Crippen molar-refractivity contribution in [2.24, 2.45) is 0 Å². The van der Waals surface area contributed by atoms with Crippen molar-refractivity contribution < 1.29 is 34.8 Å². The number of amides is 1. The maximum Gasteiger partial charge on any atom is 0.364 e. The number of carbonyl (C=O) groups is 2. The fourth-order valence-electron chi connectivity index (χ4n) is 2.10. The van der Waals surface area contributed by atoms with Gasteiger partial charge in [0.15, 0.2) is 0 Å². The number of carboxylic acid groups (broad SMARTS) is 1. The van der Waals surface area contributed by atoms with Crippen molar-refractivity contribution in [2.75, 3.05) is 6.61 Å². The molecule has 0 saturated carbocycles. The van der Waals surface area contributed by atoms with Crippen molar-refractivity contribution in [2.45, 2.75) is 50.2 Å². The van der Waals surface area contributed by atoms with Gasteiger partial charge in [-0.3, -0.25) is 4.79 Å². The molecule has 1 rings (SSSR count). The minimum atomic E-state index is -2.38. The summed E-state index contributed by atoms with van der Waals surface area (Å²) < 4.78 is 5.04. The van der Waals surface area contributed by atoms with E-state index in [2.05, 4.69) is 5.32 Å². The molecule has 1 heterocycles. The number of aliphatic hydroxyl groups excluding tert-OH is 2. The van der Waals surface area contributed by atoms with E-state index in [1.165, 1.54) is 6.92 Å². The highest BCUT2D eigenvalue weighted by molar-refractivity contribution is 5.76. The van der Waals surface area contributed by atoms with E-state index < -0.39 is 30.0 Å². The lowest BCUT2D eigenvalue weighted by Crippen LogP contribution is -2.60. The van der Waals surface area contributed by atoms with Crippen LogP contribution in [0.1, 0.15) is 26.2 Å². The van der Waals surface area contributed by atoms with E-state index in [1.807, 2.05) is 0 Å². The normalized spacial score (nSPS) is 32.6. The minimum absolute atomic E-state index is 0.0452. The average molecular weight is 277 g/mol. The Balaban J connectivity index is 2.85. The van der Waals surface area contributed by atoms with E-state index in [4.69, 9.17) is 14.9 Å². The summed E-state index contributed by atoms with van der Waals surface area (Å²) in [4.78, 5) is 22.0. The van der Waals surface area contributed by atoms with Crippen molar-refractivity contribution in [1.82, 2.24) is 5.32 Å². The maximum atomic E-state index is 11.1. The molecule has 0 aliphatic carbocycles. The molecule has 1 amide bonds. The van der Waals surface area contributed by atoms with E-state index in [0.29, 0.717) is 0 Å². The summed E-state index contributed by atoms with van der Waals surface area (Å²) in [7, 11) is 0. The number of aliphatic carboxylic acids is 1.